The lowest BCUT2D eigenvalue weighted by Crippen LogP contribution is -2.29. The molecule has 0 bridgehead atoms. The van der Waals surface area contributed by atoms with E-state index >= 15 is 0 Å². The van der Waals surface area contributed by atoms with E-state index in [0.717, 1.165) is 24.0 Å². The predicted molar refractivity (Wildman–Crippen MR) is 137 cm³/mol. The molecule has 2 aliphatic rings. The highest BCUT2D eigenvalue weighted by Crippen LogP contribution is 2.41. The molecular weight excluding hydrogens is 468 g/mol. The number of rotatable bonds is 4. The Labute approximate surface area is 208 Å². The number of halogens is 1. The van der Waals surface area contributed by atoms with Gasteiger partial charge in [0.2, 0.25) is 11.8 Å². The van der Waals surface area contributed by atoms with Crippen LogP contribution in [0, 0.1) is 0 Å². The van der Waals surface area contributed by atoms with Gasteiger partial charge in [-0.15, -0.1) is 0 Å². The van der Waals surface area contributed by atoms with Crippen LogP contribution in [0.1, 0.15) is 61.0 Å². The first-order valence-electron chi connectivity index (χ1n) is 11.6. The number of carbonyl (C=O) groups is 2. The van der Waals surface area contributed by atoms with Gasteiger partial charge in [0.05, 0.1) is 0 Å². The minimum Gasteiger partial charge on any atom is -0.274 e. The van der Waals surface area contributed by atoms with Gasteiger partial charge < -0.3 is 0 Å². The lowest BCUT2D eigenvalue weighted by atomic mass is 9.90. The molecule has 0 fully saturated rings. The maximum absolute atomic E-state index is 13.1. The summed E-state index contributed by atoms with van der Waals surface area (Å²) in [5, 5.41) is 7.98. The van der Waals surface area contributed by atoms with Crippen molar-refractivity contribution in [3.05, 3.63) is 64.2 Å². The smallest absolute Gasteiger partial charge is 0.248 e. The normalized spacial score (nSPS) is 14.9. The Bertz CT molecular complexity index is 1310. The molecule has 1 amide bonds. The van der Waals surface area contributed by atoms with Crippen molar-refractivity contribution in [2.24, 2.45) is 5.10 Å². The molecule has 0 radical (unpaired) electrons. The van der Waals surface area contributed by atoms with E-state index in [1.807, 2.05) is 19.1 Å². The zero-order valence-corrected chi connectivity index (χ0v) is 20.7. The van der Waals surface area contributed by atoms with Gasteiger partial charge in [-0.3, -0.25) is 14.2 Å². The summed E-state index contributed by atoms with van der Waals surface area (Å²) in [6, 6.07) is 13.6. The molecule has 174 valence electrons. The molecule has 8 heteroatoms. The Morgan fingerprint density at radius 2 is 1.62 bits per heavy atom. The fourth-order valence-corrected chi connectivity index (χ4v) is 5.54. The first kappa shape index (κ1) is 22.9. The number of carbonyl (C=O) groups excluding carboxylic acids is 2. The van der Waals surface area contributed by atoms with Crippen molar-refractivity contribution in [2.75, 3.05) is 5.01 Å². The van der Waals surface area contributed by atoms with Gasteiger partial charge in [-0.2, -0.15) is 10.1 Å². The molecule has 1 aliphatic carbocycles. The lowest BCUT2D eigenvalue weighted by Gasteiger charge is -2.23. The summed E-state index contributed by atoms with van der Waals surface area (Å²) >= 11 is 7.47. The topological polar surface area (TPSA) is 67.6 Å². The zero-order valence-electron chi connectivity index (χ0n) is 19.2. The second-order valence-corrected chi connectivity index (χ2v) is 9.82. The van der Waals surface area contributed by atoms with Crippen LogP contribution < -0.4 is 5.01 Å². The van der Waals surface area contributed by atoms with Gasteiger partial charge in [0.25, 0.3) is 0 Å². The van der Waals surface area contributed by atoms with Crippen LogP contribution in [-0.2, 0) is 17.6 Å². The van der Waals surface area contributed by atoms with Crippen molar-refractivity contribution in [2.45, 2.75) is 57.4 Å². The molecule has 34 heavy (non-hydrogen) atoms. The van der Waals surface area contributed by atoms with Gasteiger partial charge in [-0.25, -0.2) is 4.98 Å². The van der Waals surface area contributed by atoms with E-state index in [-0.39, 0.29) is 18.2 Å². The van der Waals surface area contributed by atoms with E-state index in [9.17, 15) is 9.59 Å². The molecule has 0 saturated heterocycles. The molecule has 0 saturated carbocycles. The van der Waals surface area contributed by atoms with Crippen molar-refractivity contribution in [1.82, 2.24) is 9.55 Å². The highest BCUT2D eigenvalue weighted by atomic mass is 35.5. The first-order chi connectivity index (χ1) is 16.5. The predicted octanol–water partition coefficient (Wildman–Crippen LogP) is 6.34. The maximum Gasteiger partial charge on any atom is 0.248 e. The number of fused-ring (bicyclic) bond motifs is 2. The Balaban J connectivity index is 1.66. The Hall–Kier alpha value is -2.90. The third kappa shape index (κ3) is 4.07. The van der Waals surface area contributed by atoms with E-state index < -0.39 is 0 Å². The largest absolute Gasteiger partial charge is 0.274 e. The number of hydrogen-bond donors (Lipinski definition) is 0. The molecular formula is C26H25ClN4O2S. The number of aryl methyl sites for hydroxylation is 2. The van der Waals surface area contributed by atoms with E-state index in [1.165, 1.54) is 40.7 Å². The van der Waals surface area contributed by atoms with Gasteiger partial charge in [0, 0.05) is 29.0 Å². The molecule has 0 unspecified atom stereocenters. The van der Waals surface area contributed by atoms with E-state index in [1.54, 1.807) is 23.6 Å². The summed E-state index contributed by atoms with van der Waals surface area (Å²) < 4.78 is 1.62. The number of anilines is 1. The summed E-state index contributed by atoms with van der Waals surface area (Å²) in [7, 11) is 0. The van der Waals surface area contributed by atoms with Crippen LogP contribution >= 0.6 is 23.4 Å². The molecule has 0 spiro atoms. The number of nitrogens with zero attached hydrogens (tertiary/aromatic N) is 4. The number of hydrogen-bond acceptors (Lipinski definition) is 5. The van der Waals surface area contributed by atoms with Gasteiger partial charge in [0.1, 0.15) is 15.9 Å². The van der Waals surface area contributed by atoms with E-state index in [4.69, 9.17) is 21.7 Å². The Morgan fingerprint density at radius 3 is 2.32 bits per heavy atom. The summed E-state index contributed by atoms with van der Waals surface area (Å²) in [5.74, 6) is 0.608. The molecule has 1 aromatic heterocycles. The maximum atomic E-state index is 13.1. The Kier molecular flexibility index (Phi) is 6.32. The third-order valence-electron chi connectivity index (χ3n) is 6.19. The summed E-state index contributed by atoms with van der Waals surface area (Å²) in [6.07, 6.45) is 5.13. The number of benzene rings is 2. The van der Waals surface area contributed by atoms with Gasteiger partial charge >= 0.3 is 0 Å². The van der Waals surface area contributed by atoms with Crippen molar-refractivity contribution >= 4 is 46.0 Å². The number of imidazole rings is 1. The molecule has 5 rings (SSSR count). The first-order valence-corrected chi connectivity index (χ1v) is 12.8. The Morgan fingerprint density at radius 1 is 0.941 bits per heavy atom. The van der Waals surface area contributed by atoms with Crippen molar-refractivity contribution < 1.29 is 9.59 Å². The van der Waals surface area contributed by atoms with Gasteiger partial charge in [-0.05, 0) is 78.9 Å². The molecule has 2 heterocycles. The van der Waals surface area contributed by atoms with Crippen LogP contribution in [0.15, 0.2) is 52.6 Å². The minimum absolute atomic E-state index is 0.0956. The van der Waals surface area contributed by atoms with Crippen LogP contribution in [0.25, 0.3) is 11.4 Å². The van der Waals surface area contributed by atoms with Gasteiger partial charge in [-0.1, -0.05) is 37.6 Å². The fourth-order valence-electron chi connectivity index (χ4n) is 4.36. The average Bonchev–Trinajstić information content (AvgIpc) is 3.26. The fraction of sp³-hybridized carbons (Fsp3) is 0.308. The lowest BCUT2D eigenvalue weighted by molar-refractivity contribution is -0.118. The highest BCUT2D eigenvalue weighted by molar-refractivity contribution is 8.14. The highest BCUT2D eigenvalue weighted by Gasteiger charge is 2.34. The van der Waals surface area contributed by atoms with Crippen molar-refractivity contribution in [3.63, 3.8) is 0 Å². The molecule has 0 atom stereocenters. The number of thioether (sulfide) groups is 1. The summed E-state index contributed by atoms with van der Waals surface area (Å²) in [4.78, 5) is 30.8. The molecule has 2 aromatic carbocycles. The van der Waals surface area contributed by atoms with Crippen LogP contribution in [0.5, 0.6) is 0 Å². The van der Waals surface area contributed by atoms with Crippen molar-refractivity contribution in [1.29, 1.82) is 0 Å². The average molecular weight is 493 g/mol. The second kappa shape index (κ2) is 9.39. The number of aromatic nitrogens is 2. The minimum atomic E-state index is -0.173. The quantitative estimate of drug-likeness (QED) is 0.426. The molecule has 6 nitrogen and oxygen atoms in total. The van der Waals surface area contributed by atoms with Gasteiger partial charge in [0.15, 0.2) is 5.82 Å². The number of hydrazone groups is 1. The standard InChI is InChI=1S/C26H25ClN4O2S/c1-3-21(32)30-23(17-11-13-20(27)14-12-17)28-24-26(30)34-25(29-31(24)22(33)4-2)19-10-9-16-7-5-6-8-18(16)15-19/h9-15H,3-8H2,1-2H3. The van der Waals surface area contributed by atoms with E-state index in [0.29, 0.717) is 33.2 Å². The second-order valence-electron chi connectivity index (χ2n) is 8.41. The SMILES string of the molecule is CCC(=O)N1N=C(c2ccc3c(c2)CCCC3)Sc2c1nc(-c1ccc(Cl)cc1)n2C(=O)CC. The molecule has 1 aliphatic heterocycles. The van der Waals surface area contributed by atoms with Crippen LogP contribution in [0.2, 0.25) is 5.02 Å². The van der Waals surface area contributed by atoms with Crippen molar-refractivity contribution in [3.8, 4) is 11.4 Å². The van der Waals surface area contributed by atoms with Crippen LogP contribution in [0.3, 0.4) is 0 Å². The monoisotopic (exact) mass is 492 g/mol. The van der Waals surface area contributed by atoms with Crippen LogP contribution in [-0.4, -0.2) is 26.4 Å². The molecule has 0 N–H and O–H groups in total. The number of amides is 1. The van der Waals surface area contributed by atoms with Crippen LogP contribution in [0.4, 0.5) is 5.82 Å². The third-order valence-corrected chi connectivity index (χ3v) is 7.51. The zero-order chi connectivity index (χ0) is 23.8. The summed E-state index contributed by atoms with van der Waals surface area (Å²) in [5.41, 5.74) is 4.43. The van der Waals surface area contributed by atoms with E-state index in [2.05, 4.69) is 18.2 Å². The molecule has 3 aromatic rings. The summed E-state index contributed by atoms with van der Waals surface area (Å²) in [6.45, 7) is 3.62.